The summed E-state index contributed by atoms with van der Waals surface area (Å²) in [4.78, 5) is 12.7. The number of hydrogen-bond donors (Lipinski definition) is 2. The fourth-order valence-corrected chi connectivity index (χ4v) is 4.95. The highest BCUT2D eigenvalue weighted by molar-refractivity contribution is 7.84. The standard InChI is InChI=1S/C24H38N2O2S/c1-9-19(11-10-15(2)26-29(28)24(6,7)8)23(27)25-20-12-13-21-17(4)16(3)18(5)22(21)14-20/h9,11-13,15-18,22,26H,1,10,14H2,2-8H3,(H,25,27)/b19-11+. The molecule has 0 spiro atoms. The average Bonchev–Trinajstić information content (AvgIpc) is 2.85. The van der Waals surface area contributed by atoms with Crippen molar-refractivity contribution in [2.75, 3.05) is 0 Å². The molecule has 0 saturated heterocycles. The topological polar surface area (TPSA) is 58.2 Å². The van der Waals surface area contributed by atoms with E-state index in [1.54, 1.807) is 6.08 Å². The average molecular weight is 419 g/mol. The number of carbonyl (C=O) groups excluding carboxylic acids is 1. The van der Waals surface area contributed by atoms with Crippen molar-refractivity contribution in [2.45, 2.75) is 72.1 Å². The lowest BCUT2D eigenvalue weighted by atomic mass is 9.85. The van der Waals surface area contributed by atoms with Gasteiger partial charge in [0.25, 0.3) is 5.91 Å². The molecule has 2 rings (SSSR count). The summed E-state index contributed by atoms with van der Waals surface area (Å²) in [6, 6.07) is -0.000454. The molecule has 0 aliphatic heterocycles. The van der Waals surface area contributed by atoms with Crippen LogP contribution in [0.2, 0.25) is 0 Å². The van der Waals surface area contributed by atoms with Crippen LogP contribution in [0.1, 0.15) is 61.3 Å². The van der Waals surface area contributed by atoms with Gasteiger partial charge in [-0.1, -0.05) is 51.2 Å². The van der Waals surface area contributed by atoms with Gasteiger partial charge in [-0.3, -0.25) is 4.79 Å². The van der Waals surface area contributed by atoms with Gasteiger partial charge in [-0.05, 0) is 70.3 Å². The van der Waals surface area contributed by atoms with Crippen LogP contribution in [0.25, 0.3) is 0 Å². The quantitative estimate of drug-likeness (QED) is 0.461. The molecule has 4 nitrogen and oxygen atoms in total. The Morgan fingerprint density at radius 3 is 2.52 bits per heavy atom. The fraction of sp³-hybridized carbons (Fsp3) is 0.625. The summed E-state index contributed by atoms with van der Waals surface area (Å²) < 4.78 is 15.0. The summed E-state index contributed by atoms with van der Waals surface area (Å²) in [7, 11) is -1.13. The van der Waals surface area contributed by atoms with E-state index >= 15 is 0 Å². The lowest BCUT2D eigenvalue weighted by Gasteiger charge is -2.24. The van der Waals surface area contributed by atoms with Crippen LogP contribution in [0.3, 0.4) is 0 Å². The van der Waals surface area contributed by atoms with Gasteiger partial charge in [-0.15, -0.1) is 0 Å². The summed E-state index contributed by atoms with van der Waals surface area (Å²) >= 11 is 0. The van der Waals surface area contributed by atoms with Gasteiger partial charge in [0.15, 0.2) is 0 Å². The molecule has 1 fully saturated rings. The third-order valence-electron chi connectivity index (χ3n) is 6.44. The minimum Gasteiger partial charge on any atom is -0.326 e. The Labute approximate surface area is 179 Å². The molecule has 2 aliphatic rings. The first-order valence-electron chi connectivity index (χ1n) is 10.7. The second-order valence-electron chi connectivity index (χ2n) is 9.63. The van der Waals surface area contributed by atoms with Crippen molar-refractivity contribution in [2.24, 2.45) is 23.7 Å². The first-order valence-corrected chi connectivity index (χ1v) is 11.8. The molecule has 5 heteroatoms. The summed E-state index contributed by atoms with van der Waals surface area (Å²) in [5, 5.41) is 3.08. The molecule has 2 aliphatic carbocycles. The Morgan fingerprint density at radius 2 is 1.93 bits per heavy atom. The maximum atomic E-state index is 12.7. The van der Waals surface area contributed by atoms with Crippen LogP contribution in [0.4, 0.5) is 0 Å². The molecule has 1 saturated carbocycles. The van der Waals surface area contributed by atoms with Gasteiger partial charge < -0.3 is 5.32 Å². The smallest absolute Gasteiger partial charge is 0.255 e. The molecule has 2 N–H and O–H groups in total. The highest BCUT2D eigenvalue weighted by atomic mass is 32.2. The zero-order valence-corrected chi connectivity index (χ0v) is 19.9. The molecular formula is C24H38N2O2S. The predicted octanol–water partition coefficient (Wildman–Crippen LogP) is 4.80. The molecule has 6 unspecified atom stereocenters. The number of fused-ring (bicyclic) bond motifs is 1. The molecule has 6 atom stereocenters. The molecule has 0 radical (unpaired) electrons. The van der Waals surface area contributed by atoms with Crippen LogP contribution in [-0.2, 0) is 15.8 Å². The van der Waals surface area contributed by atoms with E-state index in [2.05, 4.69) is 49.5 Å². The van der Waals surface area contributed by atoms with Crippen molar-refractivity contribution < 1.29 is 9.00 Å². The summed E-state index contributed by atoms with van der Waals surface area (Å²) in [5.74, 6) is 2.31. The number of rotatable bonds is 7. The number of carbonyl (C=O) groups is 1. The highest BCUT2D eigenvalue weighted by Gasteiger charge is 2.40. The first kappa shape index (κ1) is 23.8. The third-order valence-corrected chi connectivity index (χ3v) is 8.16. The van der Waals surface area contributed by atoms with E-state index < -0.39 is 11.0 Å². The Bertz CT molecular complexity index is 757. The van der Waals surface area contributed by atoms with Crippen molar-refractivity contribution in [3.05, 3.63) is 47.7 Å². The van der Waals surface area contributed by atoms with Crippen LogP contribution in [0.5, 0.6) is 0 Å². The van der Waals surface area contributed by atoms with Crippen LogP contribution >= 0.6 is 0 Å². The highest BCUT2D eigenvalue weighted by Crippen LogP contribution is 2.49. The SMILES string of the molecule is C=C/C(=C\CC(C)NS(=O)C(C)(C)C)C(=O)NC1=CC=C2C(C)C(C)C(C)C2C1. The maximum absolute atomic E-state index is 12.7. The second kappa shape index (κ2) is 9.57. The lowest BCUT2D eigenvalue weighted by molar-refractivity contribution is -0.116. The molecule has 29 heavy (non-hydrogen) atoms. The lowest BCUT2D eigenvalue weighted by Crippen LogP contribution is -2.38. The van der Waals surface area contributed by atoms with Gasteiger partial charge in [0.1, 0.15) is 0 Å². The molecule has 0 bridgehead atoms. The fourth-order valence-electron chi connectivity index (χ4n) is 4.14. The van der Waals surface area contributed by atoms with Crippen molar-refractivity contribution in [3.8, 4) is 0 Å². The monoisotopic (exact) mass is 418 g/mol. The Balaban J connectivity index is 1.98. The zero-order chi connectivity index (χ0) is 21.9. The van der Waals surface area contributed by atoms with Crippen LogP contribution in [0.15, 0.2) is 47.7 Å². The van der Waals surface area contributed by atoms with Gasteiger partial charge >= 0.3 is 0 Å². The summed E-state index contributed by atoms with van der Waals surface area (Å²) in [5.41, 5.74) is 3.05. The second-order valence-corrected chi connectivity index (χ2v) is 11.6. The van der Waals surface area contributed by atoms with E-state index in [4.69, 9.17) is 0 Å². The van der Waals surface area contributed by atoms with Gasteiger partial charge in [-0.25, -0.2) is 8.93 Å². The molecule has 0 aromatic rings. The van der Waals surface area contributed by atoms with Crippen molar-refractivity contribution >= 4 is 16.9 Å². The normalized spacial score (nSPS) is 29.4. The van der Waals surface area contributed by atoms with Gasteiger partial charge in [0.2, 0.25) is 0 Å². The van der Waals surface area contributed by atoms with Crippen molar-refractivity contribution in [1.29, 1.82) is 0 Å². The predicted molar refractivity (Wildman–Crippen MR) is 123 cm³/mol. The van der Waals surface area contributed by atoms with Crippen molar-refractivity contribution in [3.63, 3.8) is 0 Å². The number of nitrogens with one attached hydrogen (secondary N) is 2. The summed E-state index contributed by atoms with van der Waals surface area (Å²) in [6.07, 6.45) is 9.22. The molecule has 0 aromatic heterocycles. The number of allylic oxidation sites excluding steroid dienone is 4. The van der Waals surface area contributed by atoms with E-state index in [1.807, 2.05) is 33.8 Å². The van der Waals surface area contributed by atoms with E-state index in [9.17, 15) is 9.00 Å². The van der Waals surface area contributed by atoms with Crippen LogP contribution in [-0.4, -0.2) is 20.9 Å². The van der Waals surface area contributed by atoms with Gasteiger partial charge in [-0.2, -0.15) is 0 Å². The Kier molecular flexibility index (Phi) is 7.86. The van der Waals surface area contributed by atoms with E-state index in [0.717, 1.165) is 12.1 Å². The minimum atomic E-state index is -1.13. The summed E-state index contributed by atoms with van der Waals surface area (Å²) in [6.45, 7) is 18.5. The van der Waals surface area contributed by atoms with Crippen molar-refractivity contribution in [1.82, 2.24) is 10.0 Å². The van der Waals surface area contributed by atoms with Gasteiger partial charge in [0, 0.05) is 17.3 Å². The maximum Gasteiger partial charge on any atom is 0.255 e. The first-order chi connectivity index (χ1) is 13.5. The zero-order valence-electron chi connectivity index (χ0n) is 19.0. The molecular weight excluding hydrogens is 380 g/mol. The van der Waals surface area contributed by atoms with Crippen LogP contribution < -0.4 is 10.0 Å². The number of amides is 1. The number of hydrogen-bond acceptors (Lipinski definition) is 2. The van der Waals surface area contributed by atoms with Gasteiger partial charge in [0.05, 0.1) is 15.7 Å². The molecule has 0 aromatic carbocycles. The molecule has 0 heterocycles. The Morgan fingerprint density at radius 1 is 1.28 bits per heavy atom. The molecule has 1 amide bonds. The van der Waals surface area contributed by atoms with Crippen LogP contribution in [0, 0.1) is 23.7 Å². The Hall–Kier alpha value is -1.46. The van der Waals surface area contributed by atoms with E-state index in [-0.39, 0.29) is 16.7 Å². The third kappa shape index (κ3) is 5.79. The van der Waals surface area contributed by atoms with E-state index in [0.29, 0.717) is 35.7 Å². The minimum absolute atomic E-state index is 0.000454. The largest absolute Gasteiger partial charge is 0.326 e. The van der Waals surface area contributed by atoms with E-state index in [1.165, 1.54) is 5.57 Å². The molecule has 162 valence electrons.